The second-order valence-electron chi connectivity index (χ2n) is 8.66. The van der Waals surface area contributed by atoms with Crippen molar-refractivity contribution >= 4 is 32.7 Å². The summed E-state index contributed by atoms with van der Waals surface area (Å²) in [5.41, 5.74) is 7.30. The van der Waals surface area contributed by atoms with Crippen molar-refractivity contribution in [1.82, 2.24) is 24.9 Å². The van der Waals surface area contributed by atoms with E-state index in [0.29, 0.717) is 5.92 Å². The normalized spacial score (nSPS) is 11.9. The van der Waals surface area contributed by atoms with Gasteiger partial charge in [-0.2, -0.15) is 0 Å². The van der Waals surface area contributed by atoms with Crippen LogP contribution in [0.2, 0.25) is 0 Å². The third-order valence-corrected chi connectivity index (χ3v) is 6.03. The van der Waals surface area contributed by atoms with Gasteiger partial charge in [-0.25, -0.2) is 15.0 Å². The van der Waals surface area contributed by atoms with Crippen molar-refractivity contribution in [3.63, 3.8) is 0 Å². The Morgan fingerprint density at radius 2 is 1.59 bits per heavy atom. The molecule has 0 saturated carbocycles. The molecule has 0 saturated heterocycles. The summed E-state index contributed by atoms with van der Waals surface area (Å²) in [5.74, 6) is 2.31. The molecule has 0 bridgehead atoms. The van der Waals surface area contributed by atoms with Gasteiger partial charge >= 0.3 is 0 Å². The molecule has 3 aromatic heterocycles. The standard InChI is InChI=1S/C27H23N5/c1-15(2)27-31-24-11-5-17-12-18(4-8-21(17)26(24)32-27)22-9-6-19-13-20(7-10-23(19)30-22)25-14-28-16(3)29-25/h4-15H,1-3H3,(H,28,29)(H,31,32). The fourth-order valence-corrected chi connectivity index (χ4v) is 4.28. The number of nitrogens with zero attached hydrogens (tertiary/aromatic N) is 3. The van der Waals surface area contributed by atoms with Crippen LogP contribution < -0.4 is 0 Å². The monoisotopic (exact) mass is 417 g/mol. The second-order valence-corrected chi connectivity index (χ2v) is 8.66. The van der Waals surface area contributed by atoms with E-state index >= 15 is 0 Å². The Morgan fingerprint density at radius 1 is 0.781 bits per heavy atom. The second kappa shape index (κ2) is 7.02. The summed E-state index contributed by atoms with van der Waals surface area (Å²) in [5, 5.41) is 3.44. The highest BCUT2D eigenvalue weighted by atomic mass is 14.9. The van der Waals surface area contributed by atoms with E-state index in [1.54, 1.807) is 0 Å². The van der Waals surface area contributed by atoms with Crippen LogP contribution in [0, 0.1) is 6.92 Å². The van der Waals surface area contributed by atoms with Crippen LogP contribution in [0.3, 0.4) is 0 Å². The first kappa shape index (κ1) is 18.8. The lowest BCUT2D eigenvalue weighted by atomic mass is 10.0. The van der Waals surface area contributed by atoms with Crippen molar-refractivity contribution < 1.29 is 0 Å². The molecule has 32 heavy (non-hydrogen) atoms. The average molecular weight is 418 g/mol. The SMILES string of the molecule is Cc1ncc(-c2ccc3nc(-c4ccc5c(ccc6[nH]c(C(C)C)nc65)c4)ccc3c2)[nH]1. The molecule has 3 heterocycles. The first-order chi connectivity index (χ1) is 15.5. The molecule has 2 N–H and O–H groups in total. The molecule has 0 aliphatic rings. The average Bonchev–Trinajstić information content (AvgIpc) is 3.44. The third kappa shape index (κ3) is 3.05. The summed E-state index contributed by atoms with van der Waals surface area (Å²) in [6.45, 7) is 6.27. The summed E-state index contributed by atoms with van der Waals surface area (Å²) in [6, 6.07) is 21.3. The van der Waals surface area contributed by atoms with Gasteiger partial charge in [-0.1, -0.05) is 44.2 Å². The molecule has 0 fully saturated rings. The van der Waals surface area contributed by atoms with Crippen LogP contribution in [0.15, 0.2) is 66.9 Å². The van der Waals surface area contributed by atoms with Gasteiger partial charge in [0, 0.05) is 27.8 Å². The maximum absolute atomic E-state index is 4.93. The van der Waals surface area contributed by atoms with Gasteiger partial charge in [-0.05, 0) is 42.6 Å². The summed E-state index contributed by atoms with van der Waals surface area (Å²) in [4.78, 5) is 20.8. The fourth-order valence-electron chi connectivity index (χ4n) is 4.28. The van der Waals surface area contributed by atoms with Crippen LogP contribution in [0.1, 0.15) is 31.4 Å². The van der Waals surface area contributed by atoms with Gasteiger partial charge in [0.1, 0.15) is 11.6 Å². The van der Waals surface area contributed by atoms with Crippen LogP contribution in [-0.2, 0) is 0 Å². The van der Waals surface area contributed by atoms with Crippen molar-refractivity contribution in [2.45, 2.75) is 26.7 Å². The number of pyridine rings is 1. The van der Waals surface area contributed by atoms with Gasteiger partial charge in [0.2, 0.25) is 0 Å². The summed E-state index contributed by atoms with van der Waals surface area (Å²) in [7, 11) is 0. The smallest absolute Gasteiger partial charge is 0.109 e. The lowest BCUT2D eigenvalue weighted by molar-refractivity contribution is 0.799. The zero-order valence-electron chi connectivity index (χ0n) is 18.3. The minimum absolute atomic E-state index is 0.372. The van der Waals surface area contributed by atoms with Crippen molar-refractivity contribution in [3.05, 3.63) is 78.5 Å². The lowest BCUT2D eigenvalue weighted by Gasteiger charge is -2.07. The van der Waals surface area contributed by atoms with Gasteiger partial charge < -0.3 is 9.97 Å². The minimum Gasteiger partial charge on any atom is -0.342 e. The number of aryl methyl sites for hydroxylation is 1. The van der Waals surface area contributed by atoms with Crippen LogP contribution in [0.4, 0.5) is 0 Å². The van der Waals surface area contributed by atoms with Crippen molar-refractivity contribution in [3.8, 4) is 22.5 Å². The number of hydrogen-bond donors (Lipinski definition) is 2. The molecule has 6 aromatic rings. The molecule has 0 spiro atoms. The first-order valence-electron chi connectivity index (χ1n) is 10.9. The number of imidazole rings is 2. The maximum Gasteiger partial charge on any atom is 0.109 e. The Balaban J connectivity index is 1.41. The molecule has 0 amide bonds. The highest BCUT2D eigenvalue weighted by molar-refractivity contribution is 6.05. The number of aromatic amines is 2. The number of rotatable bonds is 3. The quantitative estimate of drug-likeness (QED) is 0.334. The van der Waals surface area contributed by atoms with E-state index < -0.39 is 0 Å². The zero-order valence-corrected chi connectivity index (χ0v) is 18.3. The first-order valence-corrected chi connectivity index (χ1v) is 10.9. The molecule has 5 heteroatoms. The zero-order chi connectivity index (χ0) is 21.8. The molecule has 0 aliphatic heterocycles. The van der Waals surface area contributed by atoms with Gasteiger partial charge in [-0.15, -0.1) is 0 Å². The number of H-pyrrole nitrogens is 2. The van der Waals surface area contributed by atoms with Crippen molar-refractivity contribution in [1.29, 1.82) is 0 Å². The van der Waals surface area contributed by atoms with Crippen LogP contribution >= 0.6 is 0 Å². The van der Waals surface area contributed by atoms with E-state index in [2.05, 4.69) is 89.5 Å². The van der Waals surface area contributed by atoms with Crippen LogP contribution in [0.25, 0.3) is 55.2 Å². The van der Waals surface area contributed by atoms with Crippen molar-refractivity contribution in [2.24, 2.45) is 0 Å². The molecule has 6 rings (SSSR count). The third-order valence-electron chi connectivity index (χ3n) is 6.03. The topological polar surface area (TPSA) is 70.2 Å². The number of fused-ring (bicyclic) bond motifs is 4. The van der Waals surface area contributed by atoms with E-state index in [0.717, 1.165) is 61.5 Å². The molecular weight excluding hydrogens is 394 g/mol. The largest absolute Gasteiger partial charge is 0.342 e. The molecule has 3 aromatic carbocycles. The Bertz CT molecular complexity index is 1620. The summed E-state index contributed by atoms with van der Waals surface area (Å²) >= 11 is 0. The molecule has 156 valence electrons. The number of nitrogens with one attached hydrogen (secondary N) is 2. The Labute approximate surface area is 185 Å². The van der Waals surface area contributed by atoms with Gasteiger partial charge in [0.15, 0.2) is 0 Å². The highest BCUT2D eigenvalue weighted by Crippen LogP contribution is 2.30. The molecule has 0 unspecified atom stereocenters. The Morgan fingerprint density at radius 3 is 2.41 bits per heavy atom. The van der Waals surface area contributed by atoms with E-state index in [9.17, 15) is 0 Å². The predicted molar refractivity (Wildman–Crippen MR) is 131 cm³/mol. The van der Waals surface area contributed by atoms with E-state index in [1.807, 2.05) is 13.1 Å². The Kier molecular flexibility index (Phi) is 4.12. The Hall–Kier alpha value is -3.99. The fraction of sp³-hybridized carbons (Fsp3) is 0.148. The lowest BCUT2D eigenvalue weighted by Crippen LogP contribution is -1.88. The van der Waals surface area contributed by atoms with Gasteiger partial charge in [0.25, 0.3) is 0 Å². The van der Waals surface area contributed by atoms with Gasteiger partial charge in [-0.3, -0.25) is 0 Å². The molecule has 5 nitrogen and oxygen atoms in total. The molecular formula is C27H23N5. The highest BCUT2D eigenvalue weighted by Gasteiger charge is 2.11. The molecule has 0 radical (unpaired) electrons. The van der Waals surface area contributed by atoms with E-state index in [-0.39, 0.29) is 0 Å². The van der Waals surface area contributed by atoms with Crippen LogP contribution in [0.5, 0.6) is 0 Å². The molecule has 0 atom stereocenters. The minimum atomic E-state index is 0.372. The van der Waals surface area contributed by atoms with E-state index in [4.69, 9.17) is 9.97 Å². The maximum atomic E-state index is 4.93. The number of aromatic nitrogens is 5. The predicted octanol–water partition coefficient (Wildman–Crippen LogP) is 6.75. The van der Waals surface area contributed by atoms with Gasteiger partial charge in [0.05, 0.1) is 34.1 Å². The summed E-state index contributed by atoms with van der Waals surface area (Å²) in [6.07, 6.45) is 1.87. The molecule has 0 aliphatic carbocycles. The van der Waals surface area contributed by atoms with Crippen molar-refractivity contribution in [2.75, 3.05) is 0 Å². The number of benzene rings is 3. The summed E-state index contributed by atoms with van der Waals surface area (Å²) < 4.78 is 0. The van der Waals surface area contributed by atoms with Crippen LogP contribution in [-0.4, -0.2) is 24.9 Å². The van der Waals surface area contributed by atoms with E-state index in [1.165, 1.54) is 5.39 Å². The number of hydrogen-bond acceptors (Lipinski definition) is 3.